The second kappa shape index (κ2) is 8.07. The number of anilines is 1. The number of hydrogen-bond donors (Lipinski definition) is 2. The normalized spacial score (nSPS) is 16.1. The third-order valence-corrected chi connectivity index (χ3v) is 6.99. The third-order valence-electron chi connectivity index (χ3n) is 5.77. The molecule has 32 heavy (non-hydrogen) atoms. The second-order valence-electron chi connectivity index (χ2n) is 7.79. The highest BCUT2D eigenvalue weighted by atomic mass is 35.5. The van der Waals surface area contributed by atoms with Crippen molar-refractivity contribution in [1.29, 1.82) is 0 Å². The number of carbonyl (C=O) groups excluding carboxylic acids is 1. The van der Waals surface area contributed by atoms with Crippen LogP contribution in [0.5, 0.6) is 5.75 Å². The number of fused-ring (bicyclic) bond motifs is 2. The van der Waals surface area contributed by atoms with Gasteiger partial charge in [0.25, 0.3) is 0 Å². The summed E-state index contributed by atoms with van der Waals surface area (Å²) in [6.07, 6.45) is 2.04. The van der Waals surface area contributed by atoms with Crippen LogP contribution in [0, 0.1) is 5.82 Å². The van der Waals surface area contributed by atoms with Crippen LogP contribution in [-0.4, -0.2) is 34.5 Å². The summed E-state index contributed by atoms with van der Waals surface area (Å²) < 4.78 is 20.2. The largest absolute Gasteiger partial charge is 0.508 e. The van der Waals surface area contributed by atoms with Gasteiger partial charge in [-0.25, -0.2) is 4.39 Å². The van der Waals surface area contributed by atoms with Crippen LogP contribution in [0.4, 0.5) is 9.39 Å². The van der Waals surface area contributed by atoms with E-state index in [0.717, 1.165) is 28.7 Å². The van der Waals surface area contributed by atoms with E-state index in [1.54, 1.807) is 12.1 Å². The summed E-state index contributed by atoms with van der Waals surface area (Å²) >= 11 is 7.83. The van der Waals surface area contributed by atoms with Crippen LogP contribution in [0.15, 0.2) is 55.1 Å². The number of phenolic OH excluding ortho intramolecular Hbond substituents is 1. The minimum Gasteiger partial charge on any atom is -0.508 e. The van der Waals surface area contributed by atoms with Crippen molar-refractivity contribution in [2.45, 2.75) is 12.5 Å². The van der Waals surface area contributed by atoms with Gasteiger partial charge in [-0.15, -0.1) is 0 Å². The van der Waals surface area contributed by atoms with Crippen LogP contribution in [-0.2, 0) is 4.79 Å². The molecule has 5 rings (SSSR count). The van der Waals surface area contributed by atoms with Crippen LogP contribution < -0.4 is 10.2 Å². The molecular weight excluding hydrogens is 449 g/mol. The van der Waals surface area contributed by atoms with Crippen LogP contribution in [0.2, 0.25) is 5.02 Å². The van der Waals surface area contributed by atoms with Gasteiger partial charge in [0.05, 0.1) is 5.02 Å². The summed E-state index contributed by atoms with van der Waals surface area (Å²) in [7, 11) is 0. The summed E-state index contributed by atoms with van der Waals surface area (Å²) in [6.45, 7) is 4.81. The molecule has 0 spiro atoms. The Morgan fingerprint density at radius 1 is 1.31 bits per heavy atom. The molecule has 5 nitrogen and oxygen atoms in total. The zero-order valence-corrected chi connectivity index (χ0v) is 18.5. The number of aromatic hydroxyl groups is 1. The van der Waals surface area contributed by atoms with Gasteiger partial charge in [0, 0.05) is 30.1 Å². The Balaban J connectivity index is 1.58. The standard InChI is InChI=1S/C24H19ClFN3O2S/c1-2-20(31)27-14-7-8-29(12-14)24-18-11-19(25)21(22(26)23(18)28-32-24)17-10-15(30)9-13-5-3-4-6-16(13)17/h2-6,9-11,14,30H,1,7-8,12H2,(H,27,31). The third kappa shape index (κ3) is 3.47. The minimum absolute atomic E-state index is 0.00380. The molecule has 162 valence electrons. The molecule has 4 aromatic rings. The minimum atomic E-state index is -0.513. The number of nitrogens with zero attached hydrogens (tertiary/aromatic N) is 2. The fourth-order valence-corrected chi connectivity index (χ4v) is 5.48. The number of phenols is 1. The molecule has 1 amide bonds. The van der Waals surface area contributed by atoms with E-state index in [0.29, 0.717) is 17.5 Å². The fraction of sp³-hybridized carbons (Fsp3) is 0.167. The highest BCUT2D eigenvalue weighted by Crippen LogP contribution is 2.44. The average molecular weight is 468 g/mol. The monoisotopic (exact) mass is 467 g/mol. The van der Waals surface area contributed by atoms with Gasteiger partial charge in [0.2, 0.25) is 5.91 Å². The van der Waals surface area contributed by atoms with Gasteiger partial charge in [0.1, 0.15) is 16.3 Å². The van der Waals surface area contributed by atoms with E-state index < -0.39 is 5.82 Å². The highest BCUT2D eigenvalue weighted by molar-refractivity contribution is 7.11. The lowest BCUT2D eigenvalue weighted by molar-refractivity contribution is -0.117. The van der Waals surface area contributed by atoms with E-state index in [9.17, 15) is 9.90 Å². The van der Waals surface area contributed by atoms with Crippen molar-refractivity contribution < 1.29 is 14.3 Å². The number of aromatic nitrogens is 1. The fourth-order valence-electron chi connectivity index (χ4n) is 4.30. The van der Waals surface area contributed by atoms with Crippen molar-refractivity contribution in [3.63, 3.8) is 0 Å². The lowest BCUT2D eigenvalue weighted by Gasteiger charge is -2.17. The van der Waals surface area contributed by atoms with Crippen molar-refractivity contribution in [2.24, 2.45) is 0 Å². The number of amides is 1. The smallest absolute Gasteiger partial charge is 0.243 e. The Labute approximate surface area is 192 Å². The van der Waals surface area contributed by atoms with E-state index in [-0.39, 0.29) is 33.8 Å². The maximum atomic E-state index is 15.8. The Bertz CT molecular complexity index is 1390. The molecule has 0 radical (unpaired) electrons. The molecule has 1 aromatic heterocycles. The molecule has 1 aliphatic rings. The first-order valence-electron chi connectivity index (χ1n) is 10.1. The molecule has 1 saturated heterocycles. The van der Waals surface area contributed by atoms with Crippen molar-refractivity contribution in [3.8, 4) is 16.9 Å². The lowest BCUT2D eigenvalue weighted by Crippen LogP contribution is -2.35. The first kappa shape index (κ1) is 20.7. The maximum Gasteiger partial charge on any atom is 0.243 e. The zero-order valence-electron chi connectivity index (χ0n) is 16.9. The highest BCUT2D eigenvalue weighted by Gasteiger charge is 2.28. The molecule has 3 aromatic carbocycles. The average Bonchev–Trinajstić information content (AvgIpc) is 3.40. The van der Waals surface area contributed by atoms with E-state index in [4.69, 9.17) is 11.6 Å². The number of benzene rings is 3. The Morgan fingerprint density at radius 2 is 2.12 bits per heavy atom. The quantitative estimate of drug-likeness (QED) is 0.389. The number of hydrogen-bond acceptors (Lipinski definition) is 5. The van der Waals surface area contributed by atoms with Crippen LogP contribution in [0.3, 0.4) is 0 Å². The van der Waals surface area contributed by atoms with Gasteiger partial charge in [0.15, 0.2) is 5.82 Å². The predicted molar refractivity (Wildman–Crippen MR) is 128 cm³/mol. The molecule has 0 aliphatic carbocycles. The van der Waals surface area contributed by atoms with Gasteiger partial charge in [-0.05, 0) is 58.6 Å². The SMILES string of the molecule is C=CC(=O)NC1CCN(c2snc3c(F)c(-c4cc(O)cc5ccccc45)c(Cl)cc23)C1. The van der Waals surface area contributed by atoms with Gasteiger partial charge in [-0.1, -0.05) is 42.4 Å². The summed E-state index contributed by atoms with van der Waals surface area (Å²) in [5.74, 6) is -0.678. The lowest BCUT2D eigenvalue weighted by atomic mass is 9.96. The van der Waals surface area contributed by atoms with Crippen molar-refractivity contribution in [3.05, 3.63) is 66.0 Å². The van der Waals surface area contributed by atoms with Crippen molar-refractivity contribution >= 4 is 55.7 Å². The number of rotatable bonds is 4. The van der Waals surface area contributed by atoms with Crippen molar-refractivity contribution in [2.75, 3.05) is 18.0 Å². The summed E-state index contributed by atoms with van der Waals surface area (Å²) in [5.41, 5.74) is 0.990. The molecule has 0 saturated carbocycles. The molecule has 8 heteroatoms. The van der Waals surface area contributed by atoms with Gasteiger partial charge < -0.3 is 15.3 Å². The molecule has 1 fully saturated rings. The van der Waals surface area contributed by atoms with E-state index in [1.165, 1.54) is 23.7 Å². The molecule has 2 heterocycles. The first-order chi connectivity index (χ1) is 15.5. The zero-order chi connectivity index (χ0) is 22.4. The number of halogens is 2. The molecular formula is C24H19ClFN3O2S. The molecule has 1 aliphatic heterocycles. The summed E-state index contributed by atoms with van der Waals surface area (Å²) in [6, 6.07) is 12.4. The topological polar surface area (TPSA) is 65.5 Å². The van der Waals surface area contributed by atoms with Gasteiger partial charge in [-0.3, -0.25) is 4.79 Å². The first-order valence-corrected chi connectivity index (χ1v) is 11.3. The van der Waals surface area contributed by atoms with Gasteiger partial charge >= 0.3 is 0 Å². The predicted octanol–water partition coefficient (Wildman–Crippen LogP) is 5.50. The van der Waals surface area contributed by atoms with Crippen LogP contribution >= 0.6 is 23.1 Å². The Kier molecular flexibility index (Phi) is 5.23. The van der Waals surface area contributed by atoms with E-state index in [1.807, 2.05) is 24.3 Å². The summed E-state index contributed by atoms with van der Waals surface area (Å²) in [5, 5.41) is 16.4. The maximum absolute atomic E-state index is 15.8. The molecule has 2 N–H and O–H groups in total. The number of nitrogens with one attached hydrogen (secondary N) is 1. The number of carbonyl (C=O) groups is 1. The molecule has 1 unspecified atom stereocenters. The molecule has 0 bridgehead atoms. The van der Waals surface area contributed by atoms with Gasteiger partial charge in [-0.2, -0.15) is 4.37 Å². The molecule has 1 atom stereocenters. The Hall–Kier alpha value is -3.16. The second-order valence-corrected chi connectivity index (χ2v) is 8.95. The summed E-state index contributed by atoms with van der Waals surface area (Å²) in [4.78, 5) is 13.7. The van der Waals surface area contributed by atoms with Crippen LogP contribution in [0.1, 0.15) is 6.42 Å². The van der Waals surface area contributed by atoms with Crippen molar-refractivity contribution in [1.82, 2.24) is 9.69 Å². The van der Waals surface area contributed by atoms with E-state index in [2.05, 4.69) is 21.2 Å². The van der Waals surface area contributed by atoms with Crippen LogP contribution in [0.25, 0.3) is 32.8 Å². The Morgan fingerprint density at radius 3 is 2.94 bits per heavy atom. The van der Waals surface area contributed by atoms with E-state index >= 15 is 4.39 Å².